The molecule has 108 valence electrons. The van der Waals surface area contributed by atoms with E-state index in [1.54, 1.807) is 24.3 Å². The van der Waals surface area contributed by atoms with Gasteiger partial charge in [-0.2, -0.15) is 0 Å². The Bertz CT molecular complexity index is 483. The normalized spacial score (nSPS) is 22.2. The van der Waals surface area contributed by atoms with Crippen molar-refractivity contribution in [1.29, 1.82) is 0 Å². The molecule has 0 spiro atoms. The highest BCUT2D eigenvalue weighted by Gasteiger charge is 2.27. The summed E-state index contributed by atoms with van der Waals surface area (Å²) in [7, 11) is 0. The fourth-order valence-electron chi connectivity index (χ4n) is 2.62. The number of carbonyl (C=O) groups is 2. The number of rotatable bonds is 4. The van der Waals surface area contributed by atoms with Gasteiger partial charge in [0.2, 0.25) is 5.91 Å². The van der Waals surface area contributed by atoms with E-state index in [4.69, 9.17) is 5.11 Å². The maximum Gasteiger partial charge on any atom is 0.306 e. The molecule has 1 aromatic carbocycles. The predicted molar refractivity (Wildman–Crippen MR) is 73.3 cm³/mol. The molecule has 0 bridgehead atoms. The topological polar surface area (TPSA) is 86.6 Å². The van der Waals surface area contributed by atoms with E-state index in [9.17, 15) is 14.7 Å². The van der Waals surface area contributed by atoms with Crippen LogP contribution in [0, 0.1) is 5.92 Å². The molecule has 1 aromatic rings. The van der Waals surface area contributed by atoms with Gasteiger partial charge in [0.15, 0.2) is 0 Å². The summed E-state index contributed by atoms with van der Waals surface area (Å²) >= 11 is 0. The minimum Gasteiger partial charge on any atom is -0.508 e. The van der Waals surface area contributed by atoms with Gasteiger partial charge in [0.1, 0.15) is 5.75 Å². The number of carboxylic acids is 1. The third-order valence-electron chi connectivity index (χ3n) is 3.69. The molecule has 1 aliphatic rings. The minimum atomic E-state index is -0.775. The number of benzene rings is 1. The smallest absolute Gasteiger partial charge is 0.306 e. The summed E-state index contributed by atoms with van der Waals surface area (Å²) < 4.78 is 0. The fraction of sp³-hybridized carbons (Fsp3) is 0.467. The van der Waals surface area contributed by atoms with Crippen molar-refractivity contribution < 1.29 is 19.8 Å². The Balaban J connectivity index is 1.85. The van der Waals surface area contributed by atoms with Gasteiger partial charge in [-0.3, -0.25) is 9.59 Å². The lowest BCUT2D eigenvalue weighted by Crippen LogP contribution is -2.40. The van der Waals surface area contributed by atoms with Crippen LogP contribution in [0.25, 0.3) is 0 Å². The largest absolute Gasteiger partial charge is 0.508 e. The van der Waals surface area contributed by atoms with Crippen molar-refractivity contribution in [2.75, 3.05) is 0 Å². The van der Waals surface area contributed by atoms with Gasteiger partial charge in [-0.1, -0.05) is 18.6 Å². The van der Waals surface area contributed by atoms with E-state index in [2.05, 4.69) is 5.32 Å². The minimum absolute atomic E-state index is 0.0468. The van der Waals surface area contributed by atoms with Crippen LogP contribution in [-0.4, -0.2) is 28.1 Å². The molecule has 0 heterocycles. The Morgan fingerprint density at radius 1 is 1.20 bits per heavy atom. The second-order valence-corrected chi connectivity index (χ2v) is 5.31. The third kappa shape index (κ3) is 3.98. The lowest BCUT2D eigenvalue weighted by Gasteiger charge is -2.27. The van der Waals surface area contributed by atoms with Gasteiger partial charge in [0.25, 0.3) is 0 Å². The van der Waals surface area contributed by atoms with Crippen LogP contribution < -0.4 is 5.32 Å². The van der Waals surface area contributed by atoms with Gasteiger partial charge >= 0.3 is 5.97 Å². The number of phenols is 1. The first kappa shape index (κ1) is 14.4. The van der Waals surface area contributed by atoms with Crippen LogP contribution in [0.5, 0.6) is 5.75 Å². The molecule has 1 fully saturated rings. The number of carboxylic acid groups (broad SMARTS) is 1. The van der Waals surface area contributed by atoms with E-state index < -0.39 is 5.97 Å². The van der Waals surface area contributed by atoms with Crippen LogP contribution in [0.15, 0.2) is 24.3 Å². The van der Waals surface area contributed by atoms with Gasteiger partial charge in [0, 0.05) is 6.04 Å². The zero-order valence-electron chi connectivity index (χ0n) is 11.2. The van der Waals surface area contributed by atoms with Crippen LogP contribution in [0.2, 0.25) is 0 Å². The van der Waals surface area contributed by atoms with Crippen LogP contribution in [0.3, 0.4) is 0 Å². The Hall–Kier alpha value is -2.04. The summed E-state index contributed by atoms with van der Waals surface area (Å²) in [5, 5.41) is 21.1. The highest BCUT2D eigenvalue weighted by Crippen LogP contribution is 2.24. The van der Waals surface area contributed by atoms with Crippen LogP contribution in [-0.2, 0) is 16.0 Å². The standard InChI is InChI=1S/C15H19NO4/c17-13-6-4-10(5-7-13)8-14(18)16-12-3-1-2-11(9-12)15(19)20/h4-7,11-12,17H,1-3,8-9H2,(H,16,18)(H,19,20). The van der Waals surface area contributed by atoms with Crippen molar-refractivity contribution >= 4 is 11.9 Å². The van der Waals surface area contributed by atoms with E-state index in [0.29, 0.717) is 12.8 Å². The second kappa shape index (κ2) is 6.41. The number of hydrogen-bond acceptors (Lipinski definition) is 3. The van der Waals surface area contributed by atoms with Gasteiger partial charge < -0.3 is 15.5 Å². The number of phenolic OH excluding ortho intramolecular Hbond substituents is 1. The Kier molecular flexibility index (Phi) is 4.61. The van der Waals surface area contributed by atoms with Crippen molar-refractivity contribution in [2.24, 2.45) is 5.92 Å². The first-order chi connectivity index (χ1) is 9.54. The molecule has 2 unspecified atom stereocenters. The van der Waals surface area contributed by atoms with Crippen molar-refractivity contribution in [2.45, 2.75) is 38.1 Å². The lowest BCUT2D eigenvalue weighted by atomic mass is 9.85. The van der Waals surface area contributed by atoms with E-state index >= 15 is 0 Å². The van der Waals surface area contributed by atoms with E-state index in [-0.39, 0.29) is 30.0 Å². The molecule has 2 rings (SSSR count). The number of nitrogens with one attached hydrogen (secondary N) is 1. The first-order valence-electron chi connectivity index (χ1n) is 6.84. The predicted octanol–water partition coefficient (Wildman–Crippen LogP) is 1.69. The van der Waals surface area contributed by atoms with Gasteiger partial charge in [-0.05, 0) is 37.0 Å². The maximum absolute atomic E-state index is 11.9. The Morgan fingerprint density at radius 3 is 2.55 bits per heavy atom. The molecule has 0 aliphatic heterocycles. The average Bonchev–Trinajstić information content (AvgIpc) is 2.41. The number of amides is 1. The van der Waals surface area contributed by atoms with E-state index in [1.807, 2.05) is 0 Å². The number of aliphatic carboxylic acids is 1. The molecule has 0 aromatic heterocycles. The summed E-state index contributed by atoms with van der Waals surface area (Å²) in [4.78, 5) is 22.9. The molecular formula is C15H19NO4. The Labute approximate surface area is 117 Å². The van der Waals surface area contributed by atoms with Gasteiger partial charge in [0.05, 0.1) is 12.3 Å². The molecule has 1 amide bonds. The third-order valence-corrected chi connectivity index (χ3v) is 3.69. The molecule has 5 nitrogen and oxygen atoms in total. The molecule has 5 heteroatoms. The van der Waals surface area contributed by atoms with Crippen molar-refractivity contribution in [1.82, 2.24) is 5.32 Å². The molecule has 1 saturated carbocycles. The number of hydrogen-bond donors (Lipinski definition) is 3. The van der Waals surface area contributed by atoms with Crippen molar-refractivity contribution in [3.8, 4) is 5.75 Å². The average molecular weight is 277 g/mol. The molecular weight excluding hydrogens is 258 g/mol. The summed E-state index contributed by atoms with van der Waals surface area (Å²) in [6.45, 7) is 0. The van der Waals surface area contributed by atoms with E-state index in [1.165, 1.54) is 0 Å². The quantitative estimate of drug-likeness (QED) is 0.781. The summed E-state index contributed by atoms with van der Waals surface area (Å²) in [5.74, 6) is -1.05. The summed E-state index contributed by atoms with van der Waals surface area (Å²) in [6.07, 6.45) is 3.12. The van der Waals surface area contributed by atoms with Crippen LogP contribution in [0.4, 0.5) is 0 Å². The molecule has 2 atom stereocenters. The van der Waals surface area contributed by atoms with Crippen molar-refractivity contribution in [3.63, 3.8) is 0 Å². The molecule has 3 N–H and O–H groups in total. The van der Waals surface area contributed by atoms with Crippen LogP contribution in [0.1, 0.15) is 31.2 Å². The molecule has 0 radical (unpaired) electrons. The lowest BCUT2D eigenvalue weighted by molar-refractivity contribution is -0.143. The van der Waals surface area contributed by atoms with Gasteiger partial charge in [-0.25, -0.2) is 0 Å². The van der Waals surface area contributed by atoms with Crippen molar-refractivity contribution in [3.05, 3.63) is 29.8 Å². The van der Waals surface area contributed by atoms with E-state index in [0.717, 1.165) is 18.4 Å². The highest BCUT2D eigenvalue weighted by molar-refractivity contribution is 5.79. The molecule has 0 saturated heterocycles. The van der Waals surface area contributed by atoms with Gasteiger partial charge in [-0.15, -0.1) is 0 Å². The molecule has 20 heavy (non-hydrogen) atoms. The highest BCUT2D eigenvalue weighted by atomic mass is 16.4. The SMILES string of the molecule is O=C(Cc1ccc(O)cc1)NC1CCCC(C(=O)O)C1. The monoisotopic (exact) mass is 277 g/mol. The zero-order valence-corrected chi connectivity index (χ0v) is 11.2. The number of carbonyl (C=O) groups excluding carboxylic acids is 1. The number of aromatic hydroxyl groups is 1. The first-order valence-corrected chi connectivity index (χ1v) is 6.84. The zero-order chi connectivity index (χ0) is 14.5. The summed E-state index contributed by atoms with van der Waals surface area (Å²) in [5.41, 5.74) is 0.825. The molecule has 1 aliphatic carbocycles. The maximum atomic E-state index is 11.9. The summed E-state index contributed by atoms with van der Waals surface area (Å²) in [6, 6.07) is 6.45. The fourth-order valence-corrected chi connectivity index (χ4v) is 2.62. The second-order valence-electron chi connectivity index (χ2n) is 5.31. The Morgan fingerprint density at radius 2 is 1.90 bits per heavy atom. The van der Waals surface area contributed by atoms with Crippen LogP contribution >= 0.6 is 0 Å².